The molecule has 1 amide bonds. The molecule has 8 heteroatoms. The van der Waals surface area contributed by atoms with Gasteiger partial charge >= 0.3 is 0 Å². The van der Waals surface area contributed by atoms with E-state index in [1.807, 2.05) is 12.1 Å². The number of amides is 1. The van der Waals surface area contributed by atoms with Crippen LogP contribution in [0.5, 0.6) is 0 Å². The minimum absolute atomic E-state index is 0.188. The van der Waals surface area contributed by atoms with Gasteiger partial charge in [0.1, 0.15) is 11.0 Å². The lowest BCUT2D eigenvalue weighted by atomic mass is 10.2. The number of rotatable bonds is 3. The van der Waals surface area contributed by atoms with Crippen LogP contribution < -0.4 is 16.6 Å². The summed E-state index contributed by atoms with van der Waals surface area (Å²) in [6.45, 7) is 0. The standard InChI is InChI=1S/C13H10ClN5OS/c14-11-3-7(4-12(18-11)19-15)13(20)17-8-1-2-9-10(5-8)21-6-16-9/h1-6H,15H2,(H,17,20)(H,18,19). The normalized spacial score (nSPS) is 10.6. The predicted molar refractivity (Wildman–Crippen MR) is 84.6 cm³/mol. The van der Waals surface area contributed by atoms with Gasteiger partial charge in [-0.2, -0.15) is 0 Å². The van der Waals surface area contributed by atoms with Crippen LogP contribution in [0.25, 0.3) is 10.2 Å². The van der Waals surface area contributed by atoms with Crippen LogP contribution in [0.2, 0.25) is 5.15 Å². The van der Waals surface area contributed by atoms with Crippen LogP contribution in [0.15, 0.2) is 35.8 Å². The summed E-state index contributed by atoms with van der Waals surface area (Å²) in [5, 5.41) is 2.99. The van der Waals surface area contributed by atoms with Gasteiger partial charge in [-0.05, 0) is 30.3 Å². The zero-order chi connectivity index (χ0) is 14.8. The van der Waals surface area contributed by atoms with Crippen LogP contribution in [-0.2, 0) is 0 Å². The summed E-state index contributed by atoms with van der Waals surface area (Å²) in [4.78, 5) is 20.3. The number of anilines is 2. The van der Waals surface area contributed by atoms with Crippen molar-refractivity contribution in [3.05, 3.63) is 46.6 Å². The summed E-state index contributed by atoms with van der Waals surface area (Å²) in [6, 6.07) is 8.52. The Morgan fingerprint density at radius 3 is 2.95 bits per heavy atom. The van der Waals surface area contributed by atoms with Gasteiger partial charge in [0.25, 0.3) is 5.91 Å². The molecule has 0 unspecified atom stereocenters. The van der Waals surface area contributed by atoms with Gasteiger partial charge in [0.2, 0.25) is 0 Å². The molecule has 0 aliphatic carbocycles. The van der Waals surface area contributed by atoms with Gasteiger partial charge < -0.3 is 10.7 Å². The van der Waals surface area contributed by atoms with Crippen molar-refractivity contribution >= 4 is 50.6 Å². The second-order valence-corrected chi connectivity index (χ2v) is 5.47. The first-order chi connectivity index (χ1) is 10.2. The maximum absolute atomic E-state index is 12.2. The molecule has 2 heterocycles. The van der Waals surface area contributed by atoms with Gasteiger partial charge in [-0.1, -0.05) is 11.6 Å². The molecule has 0 spiro atoms. The first kappa shape index (κ1) is 13.7. The van der Waals surface area contributed by atoms with Crippen molar-refractivity contribution in [2.45, 2.75) is 0 Å². The van der Waals surface area contributed by atoms with E-state index in [4.69, 9.17) is 17.4 Å². The molecule has 21 heavy (non-hydrogen) atoms. The first-order valence-electron chi connectivity index (χ1n) is 5.94. The van der Waals surface area contributed by atoms with Crippen molar-refractivity contribution in [1.82, 2.24) is 9.97 Å². The van der Waals surface area contributed by atoms with Gasteiger partial charge in [0, 0.05) is 11.3 Å². The number of hydrogen-bond acceptors (Lipinski definition) is 6. The summed E-state index contributed by atoms with van der Waals surface area (Å²) in [5.41, 5.74) is 6.08. The largest absolute Gasteiger partial charge is 0.322 e. The highest BCUT2D eigenvalue weighted by Gasteiger charge is 2.10. The molecule has 6 nitrogen and oxygen atoms in total. The number of fused-ring (bicyclic) bond motifs is 1. The quantitative estimate of drug-likeness (QED) is 0.392. The SMILES string of the molecule is NNc1cc(C(=O)Nc2ccc3ncsc3c2)cc(Cl)n1. The Bertz CT molecular complexity index is 819. The predicted octanol–water partition coefficient (Wildman–Crippen LogP) is 2.88. The second-order valence-electron chi connectivity index (χ2n) is 4.20. The number of nitrogen functional groups attached to an aromatic ring is 1. The maximum atomic E-state index is 12.2. The maximum Gasteiger partial charge on any atom is 0.255 e. The van der Waals surface area contributed by atoms with E-state index >= 15 is 0 Å². The van der Waals surface area contributed by atoms with E-state index in [1.165, 1.54) is 23.5 Å². The lowest BCUT2D eigenvalue weighted by molar-refractivity contribution is 0.102. The number of nitrogens with one attached hydrogen (secondary N) is 2. The van der Waals surface area contributed by atoms with Gasteiger partial charge in [0.05, 0.1) is 15.7 Å². The number of aromatic nitrogens is 2. The van der Waals surface area contributed by atoms with E-state index in [1.54, 1.807) is 11.6 Å². The van der Waals surface area contributed by atoms with E-state index in [0.29, 0.717) is 17.1 Å². The Labute approximate surface area is 128 Å². The van der Waals surface area contributed by atoms with Crippen LogP contribution in [0, 0.1) is 0 Å². The number of carbonyl (C=O) groups is 1. The van der Waals surface area contributed by atoms with Gasteiger partial charge in [-0.3, -0.25) is 4.79 Å². The third kappa shape index (κ3) is 2.94. The number of halogens is 1. The van der Waals surface area contributed by atoms with Crippen molar-refractivity contribution in [2.75, 3.05) is 10.7 Å². The highest BCUT2D eigenvalue weighted by Crippen LogP contribution is 2.22. The third-order valence-electron chi connectivity index (χ3n) is 2.79. The third-order valence-corrected chi connectivity index (χ3v) is 3.78. The van der Waals surface area contributed by atoms with Crippen molar-refractivity contribution in [1.29, 1.82) is 0 Å². The smallest absolute Gasteiger partial charge is 0.255 e. The van der Waals surface area contributed by atoms with Gasteiger partial charge in [-0.25, -0.2) is 15.8 Å². The van der Waals surface area contributed by atoms with Crippen LogP contribution in [0.1, 0.15) is 10.4 Å². The molecule has 0 fully saturated rings. The molecular weight excluding hydrogens is 310 g/mol. The minimum Gasteiger partial charge on any atom is -0.322 e. The molecule has 0 radical (unpaired) electrons. The molecule has 106 valence electrons. The highest BCUT2D eigenvalue weighted by atomic mass is 35.5. The number of hydrogen-bond donors (Lipinski definition) is 3. The van der Waals surface area contributed by atoms with E-state index in [2.05, 4.69) is 20.7 Å². The van der Waals surface area contributed by atoms with Crippen LogP contribution >= 0.6 is 22.9 Å². The number of nitrogens with two attached hydrogens (primary N) is 1. The molecule has 1 aromatic carbocycles. The molecule has 0 saturated carbocycles. The van der Waals surface area contributed by atoms with Crippen LogP contribution in [-0.4, -0.2) is 15.9 Å². The Morgan fingerprint density at radius 2 is 2.14 bits per heavy atom. The Kier molecular flexibility index (Phi) is 3.70. The zero-order valence-corrected chi connectivity index (χ0v) is 12.2. The molecule has 4 N–H and O–H groups in total. The van der Waals surface area contributed by atoms with Crippen molar-refractivity contribution in [3.8, 4) is 0 Å². The summed E-state index contributed by atoms with van der Waals surface area (Å²) < 4.78 is 1.00. The molecule has 0 atom stereocenters. The van der Waals surface area contributed by atoms with E-state index in [0.717, 1.165) is 10.2 Å². The molecule has 0 aliphatic heterocycles. The van der Waals surface area contributed by atoms with Gasteiger partial charge in [0.15, 0.2) is 0 Å². The van der Waals surface area contributed by atoms with Crippen molar-refractivity contribution in [3.63, 3.8) is 0 Å². The number of pyridine rings is 1. The zero-order valence-electron chi connectivity index (χ0n) is 10.6. The van der Waals surface area contributed by atoms with Crippen LogP contribution in [0.3, 0.4) is 0 Å². The average molecular weight is 320 g/mol. The molecule has 3 aromatic rings. The average Bonchev–Trinajstić information content (AvgIpc) is 2.94. The van der Waals surface area contributed by atoms with Gasteiger partial charge in [-0.15, -0.1) is 11.3 Å². The molecule has 3 rings (SSSR count). The molecule has 2 aromatic heterocycles. The fraction of sp³-hybridized carbons (Fsp3) is 0. The summed E-state index contributed by atoms with van der Waals surface area (Å²) in [7, 11) is 0. The summed E-state index contributed by atoms with van der Waals surface area (Å²) >= 11 is 7.36. The summed E-state index contributed by atoms with van der Waals surface area (Å²) in [6.07, 6.45) is 0. The van der Waals surface area contributed by atoms with E-state index in [9.17, 15) is 4.79 Å². The topological polar surface area (TPSA) is 92.9 Å². The highest BCUT2D eigenvalue weighted by molar-refractivity contribution is 7.16. The minimum atomic E-state index is -0.292. The lowest BCUT2D eigenvalue weighted by Gasteiger charge is -2.07. The number of thiazole rings is 1. The number of carbonyl (C=O) groups excluding carboxylic acids is 1. The number of nitrogens with zero attached hydrogens (tertiary/aromatic N) is 2. The monoisotopic (exact) mass is 319 g/mol. The second kappa shape index (κ2) is 5.65. The Morgan fingerprint density at radius 1 is 1.29 bits per heavy atom. The van der Waals surface area contributed by atoms with Crippen molar-refractivity contribution < 1.29 is 4.79 Å². The van der Waals surface area contributed by atoms with E-state index in [-0.39, 0.29) is 11.1 Å². The number of hydrazine groups is 1. The molecule has 0 bridgehead atoms. The Balaban J connectivity index is 1.86. The number of benzene rings is 1. The Hall–Kier alpha value is -2.22. The summed E-state index contributed by atoms with van der Waals surface area (Å²) in [5.74, 6) is 5.31. The molecular formula is C13H10ClN5OS. The van der Waals surface area contributed by atoms with E-state index < -0.39 is 0 Å². The lowest BCUT2D eigenvalue weighted by Crippen LogP contribution is -2.14. The molecule has 0 aliphatic rings. The fourth-order valence-electron chi connectivity index (χ4n) is 1.84. The first-order valence-corrected chi connectivity index (χ1v) is 7.20. The van der Waals surface area contributed by atoms with Crippen LogP contribution in [0.4, 0.5) is 11.5 Å². The fourth-order valence-corrected chi connectivity index (χ4v) is 2.76. The van der Waals surface area contributed by atoms with Crippen molar-refractivity contribution in [2.24, 2.45) is 5.84 Å². The molecule has 0 saturated heterocycles.